The summed E-state index contributed by atoms with van der Waals surface area (Å²) in [6, 6.07) is 16.7. The number of rotatable bonds is 5. The van der Waals surface area contributed by atoms with Gasteiger partial charge in [0, 0.05) is 37.3 Å². The number of aromatic nitrogens is 1. The van der Waals surface area contributed by atoms with Crippen LogP contribution in [-0.2, 0) is 11.3 Å². The third-order valence-corrected chi connectivity index (χ3v) is 3.70. The summed E-state index contributed by atoms with van der Waals surface area (Å²) >= 11 is 0. The Labute approximate surface area is 139 Å². The molecule has 1 heterocycles. The lowest BCUT2D eigenvalue weighted by Gasteiger charge is -2.08. The first-order chi connectivity index (χ1) is 11.6. The number of hydrogen-bond acceptors (Lipinski definition) is 3. The van der Waals surface area contributed by atoms with E-state index in [-0.39, 0.29) is 11.9 Å². The molecule has 0 aliphatic carbocycles. The fourth-order valence-electron chi connectivity index (χ4n) is 2.57. The molecule has 0 aliphatic rings. The van der Waals surface area contributed by atoms with Gasteiger partial charge in [-0.3, -0.25) is 9.59 Å². The Balaban J connectivity index is 1.56. The number of carbonyl (C=O) groups excluding carboxylic acids is 2. The van der Waals surface area contributed by atoms with E-state index in [9.17, 15) is 9.59 Å². The van der Waals surface area contributed by atoms with Crippen molar-refractivity contribution in [2.75, 3.05) is 6.54 Å². The number of fused-ring (bicyclic) bond motifs is 1. The van der Waals surface area contributed by atoms with Crippen LogP contribution >= 0.6 is 0 Å². The first kappa shape index (κ1) is 15.8. The van der Waals surface area contributed by atoms with Crippen molar-refractivity contribution in [2.24, 2.45) is 0 Å². The first-order valence-corrected chi connectivity index (χ1v) is 7.74. The Hall–Kier alpha value is -3.08. The van der Waals surface area contributed by atoms with Gasteiger partial charge in [0.1, 0.15) is 5.75 Å². The van der Waals surface area contributed by atoms with E-state index in [1.165, 1.54) is 12.3 Å². The molecule has 1 amide bonds. The highest BCUT2D eigenvalue weighted by atomic mass is 16.5. The number of benzene rings is 2. The molecular formula is C19H18N2O3. The minimum atomic E-state index is -0.383. The molecule has 3 rings (SSSR count). The highest BCUT2D eigenvalue weighted by Crippen LogP contribution is 2.15. The van der Waals surface area contributed by atoms with Crippen molar-refractivity contribution >= 4 is 22.8 Å². The lowest BCUT2D eigenvalue weighted by atomic mass is 10.2. The number of ether oxygens (including phenoxy) is 1. The molecule has 0 atom stereocenters. The summed E-state index contributed by atoms with van der Waals surface area (Å²) < 4.78 is 7.06. The van der Waals surface area contributed by atoms with Crippen LogP contribution in [0.5, 0.6) is 5.75 Å². The van der Waals surface area contributed by atoms with E-state index in [0.717, 1.165) is 5.52 Å². The molecule has 2 aromatic carbocycles. The molecule has 24 heavy (non-hydrogen) atoms. The van der Waals surface area contributed by atoms with Crippen molar-refractivity contribution in [1.82, 2.24) is 9.88 Å². The normalized spacial score (nSPS) is 10.5. The van der Waals surface area contributed by atoms with Crippen LogP contribution in [0.2, 0.25) is 0 Å². The van der Waals surface area contributed by atoms with Crippen LogP contribution in [0.15, 0.2) is 60.8 Å². The highest BCUT2D eigenvalue weighted by Gasteiger charge is 2.06. The molecule has 3 aromatic rings. The summed E-state index contributed by atoms with van der Waals surface area (Å²) in [5.41, 5.74) is 1.68. The summed E-state index contributed by atoms with van der Waals surface area (Å²) in [4.78, 5) is 23.0. The summed E-state index contributed by atoms with van der Waals surface area (Å²) in [7, 11) is 0. The molecule has 0 spiro atoms. The molecule has 0 aliphatic heterocycles. The Morgan fingerprint density at radius 3 is 2.54 bits per heavy atom. The molecule has 122 valence electrons. The van der Waals surface area contributed by atoms with E-state index in [4.69, 9.17) is 4.74 Å². The molecule has 0 radical (unpaired) electrons. The van der Waals surface area contributed by atoms with Gasteiger partial charge >= 0.3 is 5.97 Å². The molecule has 0 unspecified atom stereocenters. The van der Waals surface area contributed by atoms with Crippen LogP contribution in [0.4, 0.5) is 0 Å². The number of nitrogens with one attached hydrogen (secondary N) is 1. The van der Waals surface area contributed by atoms with Gasteiger partial charge in [0.15, 0.2) is 0 Å². The second-order valence-corrected chi connectivity index (χ2v) is 5.44. The third-order valence-electron chi connectivity index (χ3n) is 3.70. The Morgan fingerprint density at radius 2 is 1.79 bits per heavy atom. The topological polar surface area (TPSA) is 60.3 Å². The summed E-state index contributed by atoms with van der Waals surface area (Å²) in [6.45, 7) is 2.57. The maximum absolute atomic E-state index is 12.1. The predicted octanol–water partition coefficient (Wildman–Crippen LogP) is 3.00. The monoisotopic (exact) mass is 322 g/mol. The zero-order valence-electron chi connectivity index (χ0n) is 13.4. The van der Waals surface area contributed by atoms with Gasteiger partial charge in [-0.15, -0.1) is 0 Å². The lowest BCUT2D eigenvalue weighted by Crippen LogP contribution is -2.27. The van der Waals surface area contributed by atoms with Crippen molar-refractivity contribution in [3.05, 3.63) is 66.4 Å². The first-order valence-electron chi connectivity index (χ1n) is 7.74. The van der Waals surface area contributed by atoms with Gasteiger partial charge in [-0.05, 0) is 41.8 Å². The van der Waals surface area contributed by atoms with Crippen LogP contribution in [-0.4, -0.2) is 23.0 Å². The fraction of sp³-hybridized carbons (Fsp3) is 0.158. The summed E-state index contributed by atoms with van der Waals surface area (Å²) in [5, 5.41) is 4.08. The molecule has 5 nitrogen and oxygen atoms in total. The van der Waals surface area contributed by atoms with Crippen molar-refractivity contribution < 1.29 is 14.3 Å². The Kier molecular flexibility index (Phi) is 4.61. The maximum atomic E-state index is 12.1. The second kappa shape index (κ2) is 7.00. The number of para-hydroxylation sites is 1. The largest absolute Gasteiger partial charge is 0.427 e. The average molecular weight is 322 g/mol. The number of nitrogens with zero attached hydrogens (tertiary/aromatic N) is 1. The molecular weight excluding hydrogens is 304 g/mol. The number of esters is 1. The van der Waals surface area contributed by atoms with E-state index in [0.29, 0.717) is 24.4 Å². The predicted molar refractivity (Wildman–Crippen MR) is 92.0 cm³/mol. The molecule has 5 heteroatoms. The van der Waals surface area contributed by atoms with Gasteiger partial charge in [0.25, 0.3) is 5.91 Å². The molecule has 0 bridgehead atoms. The van der Waals surface area contributed by atoms with E-state index in [2.05, 4.69) is 28.1 Å². The average Bonchev–Trinajstić information content (AvgIpc) is 2.98. The van der Waals surface area contributed by atoms with Crippen LogP contribution in [0.25, 0.3) is 10.9 Å². The van der Waals surface area contributed by atoms with Gasteiger partial charge in [0.2, 0.25) is 0 Å². The Morgan fingerprint density at radius 1 is 1.04 bits per heavy atom. The maximum Gasteiger partial charge on any atom is 0.308 e. The van der Waals surface area contributed by atoms with Crippen LogP contribution < -0.4 is 10.1 Å². The number of carbonyl (C=O) groups is 2. The van der Waals surface area contributed by atoms with E-state index in [1.807, 2.05) is 18.3 Å². The van der Waals surface area contributed by atoms with Gasteiger partial charge in [-0.25, -0.2) is 0 Å². The lowest BCUT2D eigenvalue weighted by molar-refractivity contribution is -0.131. The zero-order chi connectivity index (χ0) is 16.9. The Bertz CT molecular complexity index is 866. The quantitative estimate of drug-likeness (QED) is 0.580. The SMILES string of the molecule is CC(=O)Oc1ccc(C(=O)NCCn2ccc3ccccc32)cc1. The van der Waals surface area contributed by atoms with Gasteiger partial charge in [0.05, 0.1) is 0 Å². The standard InChI is InChI=1S/C19H18N2O3/c1-14(22)24-17-8-6-16(7-9-17)19(23)20-11-13-21-12-10-15-4-2-3-5-18(15)21/h2-10,12H,11,13H2,1H3,(H,20,23). The molecule has 0 saturated heterocycles. The fourth-order valence-corrected chi connectivity index (χ4v) is 2.57. The van der Waals surface area contributed by atoms with Crippen molar-refractivity contribution in [3.8, 4) is 5.75 Å². The van der Waals surface area contributed by atoms with Crippen molar-refractivity contribution in [3.63, 3.8) is 0 Å². The minimum absolute atomic E-state index is 0.152. The van der Waals surface area contributed by atoms with E-state index < -0.39 is 0 Å². The smallest absolute Gasteiger partial charge is 0.308 e. The van der Waals surface area contributed by atoms with Crippen LogP contribution in [0.1, 0.15) is 17.3 Å². The third kappa shape index (κ3) is 3.63. The highest BCUT2D eigenvalue weighted by molar-refractivity contribution is 5.94. The van der Waals surface area contributed by atoms with Crippen molar-refractivity contribution in [2.45, 2.75) is 13.5 Å². The van der Waals surface area contributed by atoms with Gasteiger partial charge in [-0.1, -0.05) is 18.2 Å². The van der Waals surface area contributed by atoms with E-state index >= 15 is 0 Å². The molecule has 1 N–H and O–H groups in total. The molecule has 1 aromatic heterocycles. The number of amides is 1. The van der Waals surface area contributed by atoms with Crippen LogP contribution in [0.3, 0.4) is 0 Å². The molecule has 0 fully saturated rings. The molecule has 0 saturated carbocycles. The van der Waals surface area contributed by atoms with Crippen LogP contribution in [0, 0.1) is 0 Å². The summed E-state index contributed by atoms with van der Waals surface area (Å²) in [5.74, 6) is -0.107. The van der Waals surface area contributed by atoms with Gasteiger partial charge in [-0.2, -0.15) is 0 Å². The van der Waals surface area contributed by atoms with E-state index in [1.54, 1.807) is 24.3 Å². The number of hydrogen-bond donors (Lipinski definition) is 1. The van der Waals surface area contributed by atoms with Gasteiger partial charge < -0.3 is 14.6 Å². The minimum Gasteiger partial charge on any atom is -0.427 e. The second-order valence-electron chi connectivity index (χ2n) is 5.44. The zero-order valence-corrected chi connectivity index (χ0v) is 13.4. The summed E-state index contributed by atoms with van der Waals surface area (Å²) in [6.07, 6.45) is 2.02. The van der Waals surface area contributed by atoms with Crippen molar-refractivity contribution in [1.29, 1.82) is 0 Å².